The Morgan fingerprint density at radius 3 is 2.49 bits per heavy atom. The highest BCUT2D eigenvalue weighted by molar-refractivity contribution is 7.89. The van der Waals surface area contributed by atoms with E-state index in [1.807, 2.05) is 42.2 Å². The maximum atomic E-state index is 13.9. The number of piperidine rings is 1. The van der Waals surface area contributed by atoms with E-state index in [1.165, 1.54) is 23.5 Å². The van der Waals surface area contributed by atoms with Gasteiger partial charge in [0.2, 0.25) is 15.9 Å². The average molecular weight is 531 g/mol. The number of benzene rings is 2. The number of hydroxylamine groups is 1. The van der Waals surface area contributed by atoms with Gasteiger partial charge in [-0.25, -0.2) is 13.9 Å². The number of carbonyl (C=O) groups excluding carboxylic acids is 2. The molecular weight excluding hydrogens is 496 g/mol. The molecule has 4 rings (SSSR count). The Morgan fingerprint density at radius 1 is 1.08 bits per heavy atom. The lowest BCUT2D eigenvalue weighted by atomic mass is 9.91. The van der Waals surface area contributed by atoms with E-state index < -0.39 is 28.0 Å². The van der Waals surface area contributed by atoms with Crippen molar-refractivity contribution in [3.63, 3.8) is 0 Å². The Bertz CT molecular complexity index is 1180. The minimum atomic E-state index is -4.03. The average Bonchev–Trinajstić information content (AvgIpc) is 3.29. The molecule has 0 spiro atoms. The van der Waals surface area contributed by atoms with E-state index in [-0.39, 0.29) is 29.9 Å². The lowest BCUT2D eigenvalue weighted by molar-refractivity contribution is -0.138. The van der Waals surface area contributed by atoms with Crippen LogP contribution in [0.1, 0.15) is 25.3 Å². The van der Waals surface area contributed by atoms with Gasteiger partial charge in [0.1, 0.15) is 11.8 Å². The zero-order valence-corrected chi connectivity index (χ0v) is 21.9. The summed E-state index contributed by atoms with van der Waals surface area (Å²) in [6, 6.07) is 14.1. The molecule has 2 amide bonds. The fourth-order valence-electron chi connectivity index (χ4n) is 5.10. The Hall–Kier alpha value is -2.99. The summed E-state index contributed by atoms with van der Waals surface area (Å²) in [7, 11) is -2.52. The smallest absolute Gasteiger partial charge is 0.262 e. The minimum Gasteiger partial charge on any atom is -0.497 e. The summed E-state index contributed by atoms with van der Waals surface area (Å²) in [6.07, 6.45) is 1.07. The van der Waals surface area contributed by atoms with Crippen LogP contribution >= 0.6 is 0 Å². The van der Waals surface area contributed by atoms with Gasteiger partial charge in [-0.3, -0.25) is 19.3 Å². The second-order valence-electron chi connectivity index (χ2n) is 9.31. The Morgan fingerprint density at radius 2 is 1.81 bits per heavy atom. The molecule has 3 atom stereocenters. The van der Waals surface area contributed by atoms with Crippen molar-refractivity contribution in [2.24, 2.45) is 5.92 Å². The van der Waals surface area contributed by atoms with Gasteiger partial charge in [-0.05, 0) is 62.1 Å². The molecule has 2 saturated heterocycles. The molecule has 11 heteroatoms. The molecule has 2 heterocycles. The van der Waals surface area contributed by atoms with E-state index >= 15 is 0 Å². The normalized spacial score (nSPS) is 22.3. The highest BCUT2D eigenvalue weighted by Crippen LogP contribution is 2.40. The number of nitrogens with one attached hydrogen (secondary N) is 2. The summed E-state index contributed by atoms with van der Waals surface area (Å²) in [6.45, 7) is 3.76. The first kappa shape index (κ1) is 27.1. The van der Waals surface area contributed by atoms with Crippen LogP contribution in [0.25, 0.3) is 0 Å². The molecule has 2 N–H and O–H groups in total. The van der Waals surface area contributed by atoms with Crippen molar-refractivity contribution in [3.8, 4) is 5.75 Å². The predicted molar refractivity (Wildman–Crippen MR) is 137 cm³/mol. The predicted octanol–water partition coefficient (Wildman–Crippen LogP) is 1.53. The van der Waals surface area contributed by atoms with Crippen LogP contribution in [0.4, 0.5) is 0 Å². The molecule has 3 unspecified atom stereocenters. The number of fused-ring (bicyclic) bond motifs is 1. The zero-order chi connectivity index (χ0) is 26.4. The van der Waals surface area contributed by atoms with Gasteiger partial charge in [0, 0.05) is 19.1 Å². The van der Waals surface area contributed by atoms with E-state index in [1.54, 1.807) is 12.1 Å². The highest BCUT2D eigenvalue weighted by Gasteiger charge is 2.52. The maximum absolute atomic E-state index is 13.9. The molecule has 2 fully saturated rings. The van der Waals surface area contributed by atoms with E-state index in [0.717, 1.165) is 5.56 Å². The Labute approximate surface area is 217 Å². The third kappa shape index (κ3) is 6.30. The molecule has 0 radical (unpaired) electrons. The van der Waals surface area contributed by atoms with Gasteiger partial charge in [-0.1, -0.05) is 30.3 Å². The molecule has 0 saturated carbocycles. The summed E-state index contributed by atoms with van der Waals surface area (Å²) in [5.41, 5.74) is 3.35. The minimum absolute atomic E-state index is 0.0108. The number of likely N-dealkylation sites (N-methyl/N-ethyl adjacent to an activating group) is 1. The third-order valence-electron chi connectivity index (χ3n) is 6.90. The molecule has 37 heavy (non-hydrogen) atoms. The van der Waals surface area contributed by atoms with Crippen LogP contribution in [0.3, 0.4) is 0 Å². The number of ether oxygens (including phenoxy) is 1. The number of amides is 2. The lowest BCUT2D eigenvalue weighted by Crippen LogP contribution is -2.55. The number of likely N-dealkylation sites (tertiary alicyclic amines) is 1. The first-order chi connectivity index (χ1) is 17.8. The van der Waals surface area contributed by atoms with Crippen molar-refractivity contribution in [1.29, 1.82) is 0 Å². The van der Waals surface area contributed by atoms with Crippen LogP contribution in [-0.2, 0) is 31.1 Å². The van der Waals surface area contributed by atoms with E-state index in [2.05, 4.69) is 10.8 Å². The zero-order valence-electron chi connectivity index (χ0n) is 21.1. The molecule has 200 valence electrons. The maximum Gasteiger partial charge on any atom is 0.262 e. The highest BCUT2D eigenvalue weighted by atomic mass is 32.2. The summed E-state index contributed by atoms with van der Waals surface area (Å²) >= 11 is 0. The van der Waals surface area contributed by atoms with Gasteiger partial charge >= 0.3 is 0 Å². The monoisotopic (exact) mass is 530 g/mol. The topological polar surface area (TPSA) is 117 Å². The first-order valence-electron chi connectivity index (χ1n) is 12.5. The summed E-state index contributed by atoms with van der Waals surface area (Å²) in [4.78, 5) is 32.9. The van der Waals surface area contributed by atoms with Crippen molar-refractivity contribution in [1.82, 2.24) is 20.0 Å². The number of rotatable bonds is 10. The van der Waals surface area contributed by atoms with Gasteiger partial charge in [-0.15, -0.1) is 0 Å². The van der Waals surface area contributed by atoms with Gasteiger partial charge in [0.15, 0.2) is 0 Å². The van der Waals surface area contributed by atoms with Crippen LogP contribution in [0, 0.1) is 5.92 Å². The van der Waals surface area contributed by atoms with Crippen molar-refractivity contribution >= 4 is 21.8 Å². The van der Waals surface area contributed by atoms with Gasteiger partial charge < -0.3 is 10.1 Å². The SMILES string of the molecule is CCNC(=O)CN1CCC2CC(C(=O)NOCc3ccccc3)N(S(=O)(=O)c3ccc(OC)cc3)C2C1. The van der Waals surface area contributed by atoms with E-state index in [9.17, 15) is 18.0 Å². The summed E-state index contributed by atoms with van der Waals surface area (Å²) in [5, 5.41) is 2.79. The van der Waals surface area contributed by atoms with E-state index in [0.29, 0.717) is 38.2 Å². The second kappa shape index (κ2) is 12.0. The number of hydrogen-bond donors (Lipinski definition) is 2. The molecule has 0 aromatic heterocycles. The largest absolute Gasteiger partial charge is 0.497 e. The Kier molecular flexibility index (Phi) is 8.80. The summed E-state index contributed by atoms with van der Waals surface area (Å²) < 4.78 is 34.3. The van der Waals surface area contributed by atoms with Crippen LogP contribution < -0.4 is 15.5 Å². The van der Waals surface area contributed by atoms with Crippen LogP contribution in [0.15, 0.2) is 59.5 Å². The number of nitrogens with zero attached hydrogens (tertiary/aromatic N) is 2. The fourth-order valence-corrected chi connectivity index (χ4v) is 6.94. The molecule has 10 nitrogen and oxygen atoms in total. The molecule has 2 aliphatic rings. The molecular formula is C26H34N4O6S. The quantitative estimate of drug-likeness (QED) is 0.448. The molecule has 2 aliphatic heterocycles. The summed E-state index contributed by atoms with van der Waals surface area (Å²) in [5.74, 6) is -0.0826. The molecule has 2 aromatic rings. The van der Waals surface area contributed by atoms with Gasteiger partial charge in [0.25, 0.3) is 5.91 Å². The van der Waals surface area contributed by atoms with Crippen LogP contribution in [0.5, 0.6) is 5.75 Å². The van der Waals surface area contributed by atoms with Crippen molar-refractivity contribution in [2.75, 3.05) is 33.3 Å². The Balaban J connectivity index is 1.56. The number of sulfonamides is 1. The van der Waals surface area contributed by atoms with Crippen LogP contribution in [-0.4, -0.2) is 74.8 Å². The first-order valence-corrected chi connectivity index (χ1v) is 13.9. The lowest BCUT2D eigenvalue weighted by Gasteiger charge is -2.38. The number of methoxy groups -OCH3 is 1. The van der Waals surface area contributed by atoms with Gasteiger partial charge in [0.05, 0.1) is 25.2 Å². The number of hydrogen-bond acceptors (Lipinski definition) is 7. The van der Waals surface area contributed by atoms with Gasteiger partial charge in [-0.2, -0.15) is 4.31 Å². The van der Waals surface area contributed by atoms with Crippen molar-refractivity contribution in [2.45, 2.75) is 43.4 Å². The number of carbonyl (C=O) groups is 2. The third-order valence-corrected chi connectivity index (χ3v) is 8.85. The standard InChI is InChI=1S/C26H34N4O6S/c1-3-27-25(31)17-29-14-13-20-15-23(26(32)28-36-18-19-7-5-4-6-8-19)30(24(20)16-29)37(33,34)22-11-9-21(35-2)10-12-22/h4-12,20,23-24H,3,13-18H2,1-2H3,(H,27,31)(H,28,32). The molecule has 0 bridgehead atoms. The van der Waals surface area contributed by atoms with Crippen molar-refractivity contribution < 1.29 is 27.6 Å². The molecule has 2 aromatic carbocycles. The fraction of sp³-hybridized carbons (Fsp3) is 0.462. The van der Waals surface area contributed by atoms with Crippen molar-refractivity contribution in [3.05, 3.63) is 60.2 Å². The van der Waals surface area contributed by atoms with Crippen LogP contribution in [0.2, 0.25) is 0 Å². The molecule has 0 aliphatic carbocycles. The second-order valence-corrected chi connectivity index (χ2v) is 11.2. The van der Waals surface area contributed by atoms with E-state index in [4.69, 9.17) is 9.57 Å².